The van der Waals surface area contributed by atoms with Gasteiger partial charge in [0.25, 0.3) is 0 Å². The molecule has 0 spiro atoms. The van der Waals surface area contributed by atoms with Crippen LogP contribution in [0.25, 0.3) is 5.69 Å². The Morgan fingerprint density at radius 1 is 1.16 bits per heavy atom. The third kappa shape index (κ3) is 3.78. The first kappa shape index (κ1) is 13.5. The number of nitrogens with zero attached hydrogens (tertiary/aromatic N) is 2. The summed E-state index contributed by atoms with van der Waals surface area (Å²) in [7, 11) is 0. The summed E-state index contributed by atoms with van der Waals surface area (Å²) in [5.41, 5.74) is 1.70. The number of aromatic nitrogens is 2. The maximum Gasteiger partial charge on any atom is 0.183 e. The molecule has 0 aliphatic heterocycles. The van der Waals surface area contributed by atoms with Gasteiger partial charge in [-0.1, -0.05) is 39.0 Å². The van der Waals surface area contributed by atoms with Crippen molar-refractivity contribution in [2.75, 3.05) is 0 Å². The van der Waals surface area contributed by atoms with Crippen molar-refractivity contribution in [3.63, 3.8) is 0 Å². The number of ketones is 1. The standard InChI is InChI=1S/C16H20N2O/c1-16(2,3)11-9-15(19)14-10-12-18(17-14)13-7-5-4-6-8-13/h4-8,10,12H,9,11H2,1-3H3. The van der Waals surface area contributed by atoms with Crippen molar-refractivity contribution in [3.05, 3.63) is 48.3 Å². The van der Waals surface area contributed by atoms with Gasteiger partial charge >= 0.3 is 0 Å². The van der Waals surface area contributed by atoms with Gasteiger partial charge in [0.2, 0.25) is 0 Å². The van der Waals surface area contributed by atoms with Gasteiger partial charge in [-0.15, -0.1) is 0 Å². The van der Waals surface area contributed by atoms with Crippen LogP contribution in [0.5, 0.6) is 0 Å². The lowest BCUT2D eigenvalue weighted by molar-refractivity contribution is 0.0960. The third-order valence-electron chi connectivity index (χ3n) is 3.00. The molecule has 0 aliphatic rings. The molecule has 0 N–H and O–H groups in total. The molecule has 0 saturated carbocycles. The second-order valence-corrected chi connectivity index (χ2v) is 5.96. The Morgan fingerprint density at radius 3 is 2.47 bits per heavy atom. The maximum absolute atomic E-state index is 12.1. The maximum atomic E-state index is 12.1. The zero-order valence-corrected chi connectivity index (χ0v) is 11.8. The Bertz CT molecular complexity index is 550. The fraction of sp³-hybridized carbons (Fsp3) is 0.375. The van der Waals surface area contributed by atoms with E-state index in [0.29, 0.717) is 12.1 Å². The molecule has 0 fully saturated rings. The highest BCUT2D eigenvalue weighted by Gasteiger charge is 2.15. The molecule has 1 aromatic carbocycles. The Labute approximate surface area is 114 Å². The van der Waals surface area contributed by atoms with Crippen molar-refractivity contribution in [2.24, 2.45) is 5.41 Å². The number of carbonyl (C=O) groups excluding carboxylic acids is 1. The lowest BCUT2D eigenvalue weighted by Gasteiger charge is -2.16. The molecule has 0 aliphatic carbocycles. The van der Waals surface area contributed by atoms with E-state index >= 15 is 0 Å². The van der Waals surface area contributed by atoms with Gasteiger partial charge in [0.05, 0.1) is 5.69 Å². The summed E-state index contributed by atoms with van der Waals surface area (Å²) in [6, 6.07) is 11.6. The summed E-state index contributed by atoms with van der Waals surface area (Å²) < 4.78 is 1.74. The monoisotopic (exact) mass is 256 g/mol. The van der Waals surface area contributed by atoms with E-state index in [4.69, 9.17) is 0 Å². The van der Waals surface area contributed by atoms with Gasteiger partial charge in [-0.05, 0) is 30.0 Å². The molecule has 1 heterocycles. The Hall–Kier alpha value is -1.90. The Balaban J connectivity index is 2.07. The average Bonchev–Trinajstić information content (AvgIpc) is 2.86. The minimum Gasteiger partial charge on any atom is -0.292 e. The van der Waals surface area contributed by atoms with Gasteiger partial charge < -0.3 is 0 Å². The highest BCUT2D eigenvalue weighted by atomic mass is 16.1. The number of rotatable bonds is 4. The topological polar surface area (TPSA) is 34.9 Å². The smallest absolute Gasteiger partial charge is 0.183 e. The lowest BCUT2D eigenvalue weighted by Crippen LogP contribution is -2.10. The van der Waals surface area contributed by atoms with Gasteiger partial charge in [0.1, 0.15) is 5.69 Å². The summed E-state index contributed by atoms with van der Waals surface area (Å²) in [6.45, 7) is 6.43. The number of hydrogen-bond donors (Lipinski definition) is 0. The quantitative estimate of drug-likeness (QED) is 0.778. The normalized spacial score (nSPS) is 11.5. The first-order valence-corrected chi connectivity index (χ1v) is 6.60. The summed E-state index contributed by atoms with van der Waals surface area (Å²) in [6.07, 6.45) is 3.26. The Morgan fingerprint density at radius 2 is 1.84 bits per heavy atom. The molecule has 3 nitrogen and oxygen atoms in total. The van der Waals surface area contributed by atoms with Gasteiger partial charge in [0, 0.05) is 12.6 Å². The zero-order valence-electron chi connectivity index (χ0n) is 11.8. The van der Waals surface area contributed by atoms with Gasteiger partial charge in [-0.25, -0.2) is 4.68 Å². The van der Waals surface area contributed by atoms with Crippen LogP contribution in [-0.2, 0) is 0 Å². The first-order chi connectivity index (χ1) is 8.96. The van der Waals surface area contributed by atoms with Crippen LogP contribution >= 0.6 is 0 Å². The second kappa shape index (κ2) is 5.39. The summed E-state index contributed by atoms with van der Waals surface area (Å²) in [5, 5.41) is 4.35. The molecule has 0 radical (unpaired) electrons. The van der Waals surface area contributed by atoms with Crippen LogP contribution in [0.2, 0.25) is 0 Å². The molecule has 0 unspecified atom stereocenters. The van der Waals surface area contributed by atoms with Crippen LogP contribution in [0.15, 0.2) is 42.6 Å². The van der Waals surface area contributed by atoms with E-state index in [1.165, 1.54) is 0 Å². The number of benzene rings is 1. The Kier molecular flexibility index (Phi) is 3.84. The first-order valence-electron chi connectivity index (χ1n) is 6.60. The predicted octanol–water partition coefficient (Wildman–Crippen LogP) is 3.88. The molecule has 0 amide bonds. The van der Waals surface area contributed by atoms with Crippen molar-refractivity contribution in [3.8, 4) is 5.69 Å². The van der Waals surface area contributed by atoms with E-state index in [-0.39, 0.29) is 11.2 Å². The summed E-state index contributed by atoms with van der Waals surface area (Å²) >= 11 is 0. The lowest BCUT2D eigenvalue weighted by atomic mass is 9.89. The van der Waals surface area contributed by atoms with Crippen LogP contribution < -0.4 is 0 Å². The molecule has 0 atom stereocenters. The molecule has 3 heteroatoms. The van der Waals surface area contributed by atoms with Crippen LogP contribution in [0, 0.1) is 5.41 Å². The minimum atomic E-state index is 0.115. The van der Waals surface area contributed by atoms with Crippen molar-refractivity contribution in [1.82, 2.24) is 9.78 Å². The number of carbonyl (C=O) groups is 1. The predicted molar refractivity (Wildman–Crippen MR) is 76.6 cm³/mol. The van der Waals surface area contributed by atoms with Crippen molar-refractivity contribution >= 4 is 5.78 Å². The SMILES string of the molecule is CC(C)(C)CCC(=O)c1ccn(-c2ccccc2)n1. The minimum absolute atomic E-state index is 0.115. The fourth-order valence-corrected chi connectivity index (χ4v) is 1.81. The largest absolute Gasteiger partial charge is 0.292 e. The molecule has 2 aromatic rings. The number of Topliss-reactive ketones (excluding diaryl/α,β-unsaturated/α-hetero) is 1. The van der Waals surface area contributed by atoms with Crippen molar-refractivity contribution in [1.29, 1.82) is 0 Å². The zero-order chi connectivity index (χ0) is 13.9. The third-order valence-corrected chi connectivity index (χ3v) is 3.00. The molecule has 19 heavy (non-hydrogen) atoms. The van der Waals surface area contributed by atoms with Crippen LogP contribution in [-0.4, -0.2) is 15.6 Å². The number of para-hydroxylation sites is 1. The van der Waals surface area contributed by atoms with E-state index in [2.05, 4.69) is 25.9 Å². The van der Waals surface area contributed by atoms with Gasteiger partial charge in [-0.2, -0.15) is 5.10 Å². The summed E-state index contributed by atoms with van der Waals surface area (Å²) in [4.78, 5) is 12.1. The molecule has 1 aromatic heterocycles. The van der Waals surface area contributed by atoms with E-state index in [9.17, 15) is 4.79 Å². The van der Waals surface area contributed by atoms with E-state index in [0.717, 1.165) is 12.1 Å². The van der Waals surface area contributed by atoms with Crippen LogP contribution in [0.3, 0.4) is 0 Å². The molecule has 2 rings (SSSR count). The molecular formula is C16H20N2O. The summed E-state index contributed by atoms with van der Waals surface area (Å²) in [5.74, 6) is 0.115. The van der Waals surface area contributed by atoms with Gasteiger partial charge in [0.15, 0.2) is 5.78 Å². The fourth-order valence-electron chi connectivity index (χ4n) is 1.81. The van der Waals surface area contributed by atoms with Gasteiger partial charge in [-0.3, -0.25) is 4.79 Å². The van der Waals surface area contributed by atoms with E-state index < -0.39 is 0 Å². The van der Waals surface area contributed by atoms with Crippen LogP contribution in [0.1, 0.15) is 44.1 Å². The molecule has 100 valence electrons. The molecular weight excluding hydrogens is 236 g/mol. The van der Waals surface area contributed by atoms with E-state index in [1.807, 2.05) is 36.5 Å². The molecule has 0 bridgehead atoms. The van der Waals surface area contributed by atoms with E-state index in [1.54, 1.807) is 10.7 Å². The highest BCUT2D eigenvalue weighted by Crippen LogP contribution is 2.21. The second-order valence-electron chi connectivity index (χ2n) is 5.96. The number of hydrogen-bond acceptors (Lipinski definition) is 2. The molecule has 0 saturated heterocycles. The van der Waals surface area contributed by atoms with Crippen molar-refractivity contribution < 1.29 is 4.79 Å². The average molecular weight is 256 g/mol. The highest BCUT2D eigenvalue weighted by molar-refractivity contribution is 5.94. The van der Waals surface area contributed by atoms with Crippen LogP contribution in [0.4, 0.5) is 0 Å². The van der Waals surface area contributed by atoms with Crippen molar-refractivity contribution in [2.45, 2.75) is 33.6 Å².